The molecular formula is C20H26N4O. The van der Waals surface area contributed by atoms with Gasteiger partial charge in [-0.25, -0.2) is 9.97 Å². The topological polar surface area (TPSA) is 58.1 Å². The number of para-hydroxylation sites is 1. The van der Waals surface area contributed by atoms with E-state index in [9.17, 15) is 4.79 Å². The Morgan fingerprint density at radius 3 is 2.60 bits per heavy atom. The number of carbonyl (C=O) groups is 1. The average molecular weight is 338 g/mol. The van der Waals surface area contributed by atoms with Gasteiger partial charge in [0.25, 0.3) is 5.91 Å². The molecule has 0 saturated carbocycles. The zero-order valence-corrected chi connectivity index (χ0v) is 15.5. The first-order valence-corrected chi connectivity index (χ1v) is 8.92. The molecule has 1 amide bonds. The minimum absolute atomic E-state index is 0.00149. The fraction of sp³-hybridized carbons (Fsp3) is 0.450. The maximum absolute atomic E-state index is 12.8. The van der Waals surface area contributed by atoms with Crippen LogP contribution < -0.4 is 5.32 Å². The number of piperidine rings is 1. The molecule has 1 aliphatic rings. The van der Waals surface area contributed by atoms with Gasteiger partial charge < -0.3 is 10.2 Å². The van der Waals surface area contributed by atoms with Crippen LogP contribution in [0.25, 0.3) is 0 Å². The van der Waals surface area contributed by atoms with Gasteiger partial charge >= 0.3 is 0 Å². The number of nitrogens with one attached hydrogen (secondary N) is 1. The summed E-state index contributed by atoms with van der Waals surface area (Å²) < 4.78 is 0. The van der Waals surface area contributed by atoms with E-state index in [0.29, 0.717) is 17.6 Å². The molecule has 3 rings (SSSR count). The molecule has 1 unspecified atom stereocenters. The molecule has 1 N–H and O–H groups in total. The predicted molar refractivity (Wildman–Crippen MR) is 100 cm³/mol. The fourth-order valence-electron chi connectivity index (χ4n) is 3.39. The van der Waals surface area contributed by atoms with Gasteiger partial charge in [0.15, 0.2) is 0 Å². The highest BCUT2D eigenvalue weighted by Gasteiger charge is 2.23. The van der Waals surface area contributed by atoms with Gasteiger partial charge in [-0.05, 0) is 56.7 Å². The van der Waals surface area contributed by atoms with Crippen molar-refractivity contribution in [2.45, 2.75) is 40.5 Å². The molecule has 1 saturated heterocycles. The molecular weight excluding hydrogens is 312 g/mol. The molecule has 1 aliphatic heterocycles. The summed E-state index contributed by atoms with van der Waals surface area (Å²) in [6.07, 6.45) is 2.25. The number of aromatic nitrogens is 2. The number of anilines is 2. The molecule has 1 atom stereocenters. The van der Waals surface area contributed by atoms with Crippen molar-refractivity contribution in [1.29, 1.82) is 0 Å². The predicted octanol–water partition coefficient (Wildman–Crippen LogP) is 4.02. The van der Waals surface area contributed by atoms with E-state index in [-0.39, 0.29) is 5.91 Å². The van der Waals surface area contributed by atoms with Crippen LogP contribution in [0.1, 0.15) is 47.1 Å². The van der Waals surface area contributed by atoms with Gasteiger partial charge in [0.2, 0.25) is 5.95 Å². The number of hydrogen-bond acceptors (Lipinski definition) is 4. The van der Waals surface area contributed by atoms with Crippen molar-refractivity contribution < 1.29 is 4.79 Å². The number of nitrogens with zero attached hydrogens (tertiary/aromatic N) is 3. The first-order chi connectivity index (χ1) is 11.9. The first kappa shape index (κ1) is 17.4. The van der Waals surface area contributed by atoms with E-state index < -0.39 is 0 Å². The molecule has 5 nitrogen and oxygen atoms in total. The minimum atomic E-state index is 0.00149. The number of rotatable bonds is 3. The molecule has 0 bridgehead atoms. The summed E-state index contributed by atoms with van der Waals surface area (Å²) in [5, 5.41) is 3.30. The Labute approximate surface area is 149 Å². The highest BCUT2D eigenvalue weighted by atomic mass is 16.2. The van der Waals surface area contributed by atoms with E-state index in [1.165, 1.54) is 6.42 Å². The second-order valence-corrected chi connectivity index (χ2v) is 7.11. The third-order valence-corrected chi connectivity index (χ3v) is 4.74. The van der Waals surface area contributed by atoms with Gasteiger partial charge in [-0.3, -0.25) is 4.79 Å². The minimum Gasteiger partial charge on any atom is -0.337 e. The van der Waals surface area contributed by atoms with Crippen molar-refractivity contribution in [2.75, 3.05) is 18.4 Å². The van der Waals surface area contributed by atoms with Crippen LogP contribution in [-0.2, 0) is 0 Å². The summed E-state index contributed by atoms with van der Waals surface area (Å²) in [5.74, 6) is 1.03. The second-order valence-electron chi connectivity index (χ2n) is 7.11. The number of benzene rings is 1. The van der Waals surface area contributed by atoms with Crippen molar-refractivity contribution in [1.82, 2.24) is 14.9 Å². The Kier molecular flexibility index (Phi) is 5.02. The molecule has 0 spiro atoms. The van der Waals surface area contributed by atoms with E-state index in [1.54, 1.807) is 6.07 Å². The van der Waals surface area contributed by atoms with Crippen LogP contribution in [0.15, 0.2) is 24.3 Å². The zero-order chi connectivity index (χ0) is 18.0. The summed E-state index contributed by atoms with van der Waals surface area (Å²) >= 11 is 0. The van der Waals surface area contributed by atoms with Crippen molar-refractivity contribution in [2.24, 2.45) is 5.92 Å². The van der Waals surface area contributed by atoms with Gasteiger partial charge in [0.1, 0.15) is 5.69 Å². The summed E-state index contributed by atoms with van der Waals surface area (Å²) in [5.41, 5.74) is 4.51. The molecule has 25 heavy (non-hydrogen) atoms. The lowest BCUT2D eigenvalue weighted by atomic mass is 10.00. The lowest BCUT2D eigenvalue weighted by molar-refractivity contribution is 0.0677. The van der Waals surface area contributed by atoms with E-state index in [0.717, 1.165) is 42.0 Å². The van der Waals surface area contributed by atoms with Crippen molar-refractivity contribution in [3.05, 3.63) is 46.8 Å². The van der Waals surface area contributed by atoms with Crippen LogP contribution in [0.4, 0.5) is 11.6 Å². The molecule has 0 radical (unpaired) electrons. The average Bonchev–Trinajstić information content (AvgIpc) is 2.57. The number of carbonyl (C=O) groups excluding carboxylic acids is 1. The Morgan fingerprint density at radius 1 is 1.20 bits per heavy atom. The second kappa shape index (κ2) is 7.21. The van der Waals surface area contributed by atoms with Crippen LogP contribution in [0.3, 0.4) is 0 Å². The normalized spacial score (nSPS) is 17.4. The molecule has 2 aromatic rings. The highest BCUT2D eigenvalue weighted by molar-refractivity contribution is 5.92. The Hall–Kier alpha value is -2.43. The molecule has 5 heteroatoms. The van der Waals surface area contributed by atoms with Gasteiger partial charge in [-0.2, -0.15) is 0 Å². The number of amides is 1. The van der Waals surface area contributed by atoms with Crippen LogP contribution in [0.2, 0.25) is 0 Å². The van der Waals surface area contributed by atoms with Crippen LogP contribution >= 0.6 is 0 Å². The maximum Gasteiger partial charge on any atom is 0.272 e. The summed E-state index contributed by atoms with van der Waals surface area (Å²) in [4.78, 5) is 23.7. The van der Waals surface area contributed by atoms with Gasteiger partial charge in [-0.15, -0.1) is 0 Å². The van der Waals surface area contributed by atoms with E-state index in [1.807, 2.05) is 43.9 Å². The largest absolute Gasteiger partial charge is 0.337 e. The van der Waals surface area contributed by atoms with Crippen LogP contribution in [0.5, 0.6) is 0 Å². The van der Waals surface area contributed by atoms with Gasteiger partial charge in [-0.1, -0.05) is 25.1 Å². The molecule has 0 aliphatic carbocycles. The van der Waals surface area contributed by atoms with E-state index >= 15 is 0 Å². The van der Waals surface area contributed by atoms with Gasteiger partial charge in [0, 0.05) is 24.5 Å². The monoisotopic (exact) mass is 338 g/mol. The Balaban J connectivity index is 1.86. The number of hydrogen-bond donors (Lipinski definition) is 1. The van der Waals surface area contributed by atoms with E-state index in [4.69, 9.17) is 0 Å². The molecule has 1 aromatic heterocycles. The lowest BCUT2D eigenvalue weighted by Crippen LogP contribution is -2.39. The maximum atomic E-state index is 12.8. The third kappa shape index (κ3) is 3.98. The van der Waals surface area contributed by atoms with Crippen molar-refractivity contribution >= 4 is 17.5 Å². The van der Waals surface area contributed by atoms with Gasteiger partial charge in [0.05, 0.1) is 0 Å². The summed E-state index contributed by atoms with van der Waals surface area (Å²) in [6.45, 7) is 9.80. The standard InChI is InChI=1S/C20H26N4O/c1-13-7-6-10-24(12-13)19(25)17-11-16(4)21-20(22-17)23-18-14(2)8-5-9-15(18)3/h5,8-9,11,13H,6-7,10,12H2,1-4H3,(H,21,22,23). The first-order valence-electron chi connectivity index (χ1n) is 8.92. The number of aryl methyl sites for hydroxylation is 3. The van der Waals surface area contributed by atoms with Crippen molar-refractivity contribution in [3.63, 3.8) is 0 Å². The SMILES string of the molecule is Cc1cc(C(=O)N2CCCC(C)C2)nc(Nc2c(C)cccc2C)n1. The summed E-state index contributed by atoms with van der Waals surface area (Å²) in [7, 11) is 0. The van der Waals surface area contributed by atoms with Crippen molar-refractivity contribution in [3.8, 4) is 0 Å². The highest BCUT2D eigenvalue weighted by Crippen LogP contribution is 2.23. The molecule has 1 aromatic carbocycles. The molecule has 1 fully saturated rings. The quantitative estimate of drug-likeness (QED) is 0.918. The van der Waals surface area contributed by atoms with Crippen LogP contribution in [0, 0.1) is 26.7 Å². The lowest BCUT2D eigenvalue weighted by Gasteiger charge is -2.30. The molecule has 132 valence electrons. The number of likely N-dealkylation sites (tertiary alicyclic amines) is 1. The molecule has 2 heterocycles. The smallest absolute Gasteiger partial charge is 0.272 e. The zero-order valence-electron chi connectivity index (χ0n) is 15.5. The van der Waals surface area contributed by atoms with Crippen LogP contribution in [-0.4, -0.2) is 33.9 Å². The fourth-order valence-corrected chi connectivity index (χ4v) is 3.39. The third-order valence-electron chi connectivity index (χ3n) is 4.74. The Morgan fingerprint density at radius 2 is 1.92 bits per heavy atom. The summed E-state index contributed by atoms with van der Waals surface area (Å²) in [6, 6.07) is 7.90. The van der Waals surface area contributed by atoms with E-state index in [2.05, 4.69) is 22.2 Å². The Bertz CT molecular complexity index is 767.